The number of ether oxygens (including phenoxy) is 1. The van der Waals surface area contributed by atoms with E-state index in [0.29, 0.717) is 6.54 Å². The summed E-state index contributed by atoms with van der Waals surface area (Å²) in [5.41, 5.74) is 10.0. The van der Waals surface area contributed by atoms with Crippen LogP contribution in [0.1, 0.15) is 5.56 Å². The number of hydrogen-bond acceptors (Lipinski definition) is 3. The van der Waals surface area contributed by atoms with Crippen molar-refractivity contribution in [1.29, 1.82) is 0 Å². The number of methoxy groups -OCH3 is 1. The molecule has 2 N–H and O–H groups in total. The smallest absolute Gasteiger partial charge is 0.126 e. The van der Waals surface area contributed by atoms with Crippen LogP contribution in [0.3, 0.4) is 0 Å². The molecule has 0 aliphatic rings. The molecule has 0 bridgehead atoms. The molecule has 21 heavy (non-hydrogen) atoms. The second kappa shape index (κ2) is 5.94. The van der Waals surface area contributed by atoms with E-state index in [-0.39, 0.29) is 0 Å². The van der Waals surface area contributed by atoms with E-state index >= 15 is 0 Å². The SMILES string of the molecule is COc1ccc(CCN)cc1-c1cccc2cccnc12. The fourth-order valence-electron chi connectivity index (χ4n) is 2.61. The molecule has 0 aliphatic heterocycles. The lowest BCUT2D eigenvalue weighted by Gasteiger charge is -2.12. The van der Waals surface area contributed by atoms with Crippen LogP contribution >= 0.6 is 0 Å². The number of fused-ring (bicyclic) bond motifs is 1. The zero-order valence-corrected chi connectivity index (χ0v) is 12.0. The topological polar surface area (TPSA) is 48.1 Å². The Morgan fingerprint density at radius 3 is 2.71 bits per heavy atom. The normalized spacial score (nSPS) is 10.8. The van der Waals surface area contributed by atoms with Gasteiger partial charge in [-0.3, -0.25) is 4.98 Å². The summed E-state index contributed by atoms with van der Waals surface area (Å²) in [6.45, 7) is 0.638. The molecular formula is C18H18N2O. The third-order valence-corrected chi connectivity index (χ3v) is 3.62. The van der Waals surface area contributed by atoms with Crippen LogP contribution in [0.5, 0.6) is 5.75 Å². The van der Waals surface area contributed by atoms with Gasteiger partial charge in [0, 0.05) is 22.7 Å². The van der Waals surface area contributed by atoms with E-state index in [2.05, 4.69) is 35.3 Å². The maximum atomic E-state index is 5.67. The summed E-state index contributed by atoms with van der Waals surface area (Å²) < 4.78 is 5.52. The maximum absolute atomic E-state index is 5.67. The van der Waals surface area contributed by atoms with E-state index < -0.39 is 0 Å². The fraction of sp³-hybridized carbons (Fsp3) is 0.167. The summed E-state index contributed by atoms with van der Waals surface area (Å²) in [6, 6.07) is 16.4. The molecule has 0 radical (unpaired) electrons. The summed E-state index contributed by atoms with van der Waals surface area (Å²) in [7, 11) is 1.69. The van der Waals surface area contributed by atoms with Gasteiger partial charge in [-0.05, 0) is 36.7 Å². The molecule has 0 saturated carbocycles. The van der Waals surface area contributed by atoms with E-state index in [1.54, 1.807) is 7.11 Å². The van der Waals surface area contributed by atoms with E-state index in [4.69, 9.17) is 10.5 Å². The highest BCUT2D eigenvalue weighted by Gasteiger charge is 2.11. The van der Waals surface area contributed by atoms with Crippen molar-refractivity contribution >= 4 is 10.9 Å². The summed E-state index contributed by atoms with van der Waals surface area (Å²) in [5, 5.41) is 1.13. The zero-order chi connectivity index (χ0) is 14.7. The van der Waals surface area contributed by atoms with Gasteiger partial charge in [0.25, 0.3) is 0 Å². The largest absolute Gasteiger partial charge is 0.496 e. The predicted molar refractivity (Wildman–Crippen MR) is 86.5 cm³/mol. The minimum absolute atomic E-state index is 0.638. The van der Waals surface area contributed by atoms with Crippen LogP contribution in [0.4, 0.5) is 0 Å². The van der Waals surface area contributed by atoms with Crippen molar-refractivity contribution in [2.45, 2.75) is 6.42 Å². The van der Waals surface area contributed by atoms with Crippen molar-refractivity contribution in [3.05, 3.63) is 60.3 Å². The molecule has 3 rings (SSSR count). The number of rotatable bonds is 4. The van der Waals surface area contributed by atoms with E-state index in [1.165, 1.54) is 5.56 Å². The van der Waals surface area contributed by atoms with Gasteiger partial charge in [0.05, 0.1) is 12.6 Å². The van der Waals surface area contributed by atoms with Crippen molar-refractivity contribution in [2.75, 3.05) is 13.7 Å². The number of nitrogens with two attached hydrogens (primary N) is 1. The lowest BCUT2D eigenvalue weighted by molar-refractivity contribution is 0.416. The van der Waals surface area contributed by atoms with Crippen molar-refractivity contribution in [3.8, 4) is 16.9 Å². The molecule has 3 nitrogen and oxygen atoms in total. The summed E-state index contributed by atoms with van der Waals surface area (Å²) in [6.07, 6.45) is 2.68. The van der Waals surface area contributed by atoms with Crippen LogP contribution < -0.4 is 10.5 Å². The van der Waals surface area contributed by atoms with Gasteiger partial charge in [-0.1, -0.05) is 30.3 Å². The molecule has 0 amide bonds. The highest BCUT2D eigenvalue weighted by atomic mass is 16.5. The van der Waals surface area contributed by atoms with Crippen LogP contribution in [0.25, 0.3) is 22.0 Å². The molecule has 1 aromatic heterocycles. The molecule has 0 fully saturated rings. The third-order valence-electron chi connectivity index (χ3n) is 3.62. The number of pyridine rings is 1. The Balaban J connectivity index is 2.23. The van der Waals surface area contributed by atoms with Crippen LogP contribution in [-0.2, 0) is 6.42 Å². The molecule has 106 valence electrons. The Morgan fingerprint density at radius 2 is 1.90 bits per heavy atom. The lowest BCUT2D eigenvalue weighted by atomic mass is 9.98. The van der Waals surface area contributed by atoms with Crippen molar-refractivity contribution in [2.24, 2.45) is 5.73 Å². The molecule has 3 aromatic rings. The van der Waals surface area contributed by atoms with Gasteiger partial charge >= 0.3 is 0 Å². The van der Waals surface area contributed by atoms with Crippen LogP contribution in [0.2, 0.25) is 0 Å². The molecule has 0 atom stereocenters. The standard InChI is InChI=1S/C18H18N2O/c1-21-17-8-7-13(9-10-19)12-16(17)15-6-2-4-14-5-3-11-20-18(14)15/h2-8,11-12H,9-10,19H2,1H3. The number of aromatic nitrogens is 1. The van der Waals surface area contributed by atoms with Crippen molar-refractivity contribution in [1.82, 2.24) is 4.98 Å². The Bertz CT molecular complexity index is 763. The predicted octanol–water partition coefficient (Wildman–Crippen LogP) is 3.41. The zero-order valence-electron chi connectivity index (χ0n) is 12.0. The summed E-state index contributed by atoms with van der Waals surface area (Å²) in [5.74, 6) is 0.855. The van der Waals surface area contributed by atoms with Crippen molar-refractivity contribution in [3.63, 3.8) is 0 Å². The van der Waals surface area contributed by atoms with Gasteiger partial charge in [0.2, 0.25) is 0 Å². The first kappa shape index (κ1) is 13.6. The Kier molecular flexibility index (Phi) is 3.84. The minimum atomic E-state index is 0.638. The Labute approximate surface area is 124 Å². The first-order chi connectivity index (χ1) is 10.3. The molecule has 1 heterocycles. The van der Waals surface area contributed by atoms with Crippen LogP contribution in [0, 0.1) is 0 Å². The second-order valence-corrected chi connectivity index (χ2v) is 4.95. The van der Waals surface area contributed by atoms with Gasteiger partial charge < -0.3 is 10.5 Å². The maximum Gasteiger partial charge on any atom is 0.126 e. The number of benzene rings is 2. The average Bonchev–Trinajstić information content (AvgIpc) is 2.54. The van der Waals surface area contributed by atoms with Gasteiger partial charge in [-0.2, -0.15) is 0 Å². The van der Waals surface area contributed by atoms with E-state index in [0.717, 1.165) is 34.2 Å². The van der Waals surface area contributed by atoms with Gasteiger partial charge in [0.15, 0.2) is 0 Å². The summed E-state index contributed by atoms with van der Waals surface area (Å²) >= 11 is 0. The van der Waals surface area contributed by atoms with Crippen LogP contribution in [0.15, 0.2) is 54.7 Å². The first-order valence-corrected chi connectivity index (χ1v) is 7.04. The Hall–Kier alpha value is -2.39. The molecule has 0 saturated heterocycles. The summed E-state index contributed by atoms with van der Waals surface area (Å²) in [4.78, 5) is 4.53. The average molecular weight is 278 g/mol. The number of nitrogens with zero attached hydrogens (tertiary/aromatic N) is 1. The lowest BCUT2D eigenvalue weighted by Crippen LogP contribution is -2.03. The van der Waals surface area contributed by atoms with E-state index in [9.17, 15) is 0 Å². The third kappa shape index (κ3) is 2.60. The number of para-hydroxylation sites is 1. The van der Waals surface area contributed by atoms with Gasteiger partial charge in [-0.15, -0.1) is 0 Å². The highest BCUT2D eigenvalue weighted by Crippen LogP contribution is 2.34. The molecule has 2 aromatic carbocycles. The van der Waals surface area contributed by atoms with Gasteiger partial charge in [-0.25, -0.2) is 0 Å². The molecule has 0 unspecified atom stereocenters. The molecule has 0 spiro atoms. The minimum Gasteiger partial charge on any atom is -0.496 e. The molecular weight excluding hydrogens is 260 g/mol. The Morgan fingerprint density at radius 1 is 1.05 bits per heavy atom. The second-order valence-electron chi connectivity index (χ2n) is 4.95. The number of hydrogen-bond donors (Lipinski definition) is 1. The first-order valence-electron chi connectivity index (χ1n) is 7.04. The van der Waals surface area contributed by atoms with Gasteiger partial charge in [0.1, 0.15) is 5.75 Å². The quantitative estimate of drug-likeness (QED) is 0.795. The fourth-order valence-corrected chi connectivity index (χ4v) is 2.61. The highest BCUT2D eigenvalue weighted by molar-refractivity contribution is 5.95. The van der Waals surface area contributed by atoms with Crippen LogP contribution in [-0.4, -0.2) is 18.6 Å². The monoisotopic (exact) mass is 278 g/mol. The molecule has 3 heteroatoms. The van der Waals surface area contributed by atoms with E-state index in [1.807, 2.05) is 24.4 Å². The molecule has 0 aliphatic carbocycles. The van der Waals surface area contributed by atoms with Crippen molar-refractivity contribution < 1.29 is 4.74 Å².